The first kappa shape index (κ1) is 17.7. The van der Waals surface area contributed by atoms with Gasteiger partial charge in [-0.3, -0.25) is 9.69 Å². The Morgan fingerprint density at radius 2 is 1.92 bits per heavy atom. The van der Waals surface area contributed by atoms with Gasteiger partial charge in [-0.25, -0.2) is 4.98 Å². The van der Waals surface area contributed by atoms with Crippen LogP contribution < -0.4 is 14.8 Å². The number of rotatable bonds is 5. The molecule has 6 heteroatoms. The van der Waals surface area contributed by atoms with Crippen LogP contribution in [0.15, 0.2) is 48.7 Å². The molecule has 0 spiro atoms. The van der Waals surface area contributed by atoms with Gasteiger partial charge in [-0.1, -0.05) is 29.8 Å². The highest BCUT2D eigenvalue weighted by Gasteiger charge is 2.27. The molecule has 0 bridgehead atoms. The maximum atomic E-state index is 12.5. The Labute approximate surface area is 153 Å². The Kier molecular flexibility index (Phi) is 5.89. The van der Waals surface area contributed by atoms with Crippen molar-refractivity contribution in [3.8, 4) is 0 Å². The minimum Gasteiger partial charge on any atom is -0.337 e. The average Bonchev–Trinajstić information content (AvgIpc) is 2.65. The lowest BCUT2D eigenvalue weighted by Gasteiger charge is -2.29. The zero-order valence-electron chi connectivity index (χ0n) is 14.5. The summed E-state index contributed by atoms with van der Waals surface area (Å²) in [6.07, 6.45) is 1.95. The number of aromatic nitrogens is 1. The molecule has 1 aromatic carbocycles. The smallest absolute Gasteiger partial charge is 0.277 e. The quantitative estimate of drug-likeness (QED) is 0.844. The lowest BCUT2D eigenvalue weighted by Crippen LogP contribution is -3.15. The molecule has 1 aromatic heterocycles. The number of hydrogen-bond acceptors (Lipinski definition) is 2. The molecule has 1 saturated heterocycles. The van der Waals surface area contributed by atoms with Crippen molar-refractivity contribution in [1.29, 1.82) is 0 Å². The van der Waals surface area contributed by atoms with Crippen molar-refractivity contribution in [3.63, 3.8) is 0 Å². The van der Waals surface area contributed by atoms with Crippen molar-refractivity contribution < 1.29 is 14.7 Å². The van der Waals surface area contributed by atoms with E-state index < -0.39 is 0 Å². The molecule has 2 N–H and O–H groups in total. The second-order valence-corrected chi connectivity index (χ2v) is 6.97. The van der Waals surface area contributed by atoms with Gasteiger partial charge in [0, 0.05) is 24.7 Å². The summed E-state index contributed by atoms with van der Waals surface area (Å²) < 4.78 is 0. The van der Waals surface area contributed by atoms with E-state index in [-0.39, 0.29) is 5.91 Å². The maximum absolute atomic E-state index is 12.5. The molecular formula is C19H25ClN4O+2. The number of nitrogens with one attached hydrogen (secondary N) is 2. The zero-order chi connectivity index (χ0) is 17.6. The van der Waals surface area contributed by atoms with Gasteiger partial charge in [0.05, 0.1) is 6.20 Å². The van der Waals surface area contributed by atoms with E-state index in [1.807, 2.05) is 49.6 Å². The van der Waals surface area contributed by atoms with Crippen LogP contribution in [0.25, 0.3) is 0 Å². The summed E-state index contributed by atoms with van der Waals surface area (Å²) in [4.78, 5) is 21.3. The van der Waals surface area contributed by atoms with E-state index in [1.165, 1.54) is 4.90 Å². The highest BCUT2D eigenvalue weighted by molar-refractivity contribution is 6.30. The Balaban J connectivity index is 1.46. The van der Waals surface area contributed by atoms with Crippen molar-refractivity contribution in [2.45, 2.75) is 6.54 Å². The van der Waals surface area contributed by atoms with Gasteiger partial charge in [-0.2, -0.15) is 0 Å². The Morgan fingerprint density at radius 1 is 1.20 bits per heavy atom. The van der Waals surface area contributed by atoms with Gasteiger partial charge in [0.1, 0.15) is 26.2 Å². The van der Waals surface area contributed by atoms with Crippen LogP contribution in [0.2, 0.25) is 5.02 Å². The summed E-state index contributed by atoms with van der Waals surface area (Å²) in [6, 6.07) is 13.8. The molecule has 0 aliphatic carbocycles. The zero-order valence-corrected chi connectivity index (χ0v) is 15.3. The summed E-state index contributed by atoms with van der Waals surface area (Å²) in [5.41, 5.74) is 1.10. The fourth-order valence-corrected chi connectivity index (χ4v) is 3.25. The van der Waals surface area contributed by atoms with Gasteiger partial charge in [0.15, 0.2) is 6.54 Å². The highest BCUT2D eigenvalue weighted by atomic mass is 35.5. The van der Waals surface area contributed by atoms with Crippen LogP contribution in [0.4, 0.5) is 5.82 Å². The molecule has 1 aliphatic rings. The molecule has 1 amide bonds. The van der Waals surface area contributed by atoms with Gasteiger partial charge in [0.2, 0.25) is 0 Å². The van der Waals surface area contributed by atoms with E-state index in [1.54, 1.807) is 4.90 Å². The number of piperazine rings is 1. The number of pyridine rings is 1. The number of quaternary nitrogens is 1. The van der Waals surface area contributed by atoms with E-state index in [4.69, 9.17) is 11.6 Å². The molecule has 5 nitrogen and oxygen atoms in total. The van der Waals surface area contributed by atoms with E-state index in [0.29, 0.717) is 13.1 Å². The summed E-state index contributed by atoms with van der Waals surface area (Å²) in [6.45, 7) is 5.05. The van der Waals surface area contributed by atoms with Crippen molar-refractivity contribution in [1.82, 2.24) is 4.90 Å². The fraction of sp³-hybridized carbons (Fsp3) is 0.368. The number of halogens is 1. The Bertz CT molecular complexity index is 684. The van der Waals surface area contributed by atoms with Crippen LogP contribution >= 0.6 is 11.6 Å². The third kappa shape index (κ3) is 4.94. The SMILES string of the molecule is CN(Cc1ccc(Cl)cc1)C(=O)C[NH+]1CCN(c2cccc[nH+]2)CC1. The molecule has 0 unspecified atom stereocenters. The third-order valence-electron chi connectivity index (χ3n) is 4.66. The minimum absolute atomic E-state index is 0.185. The van der Waals surface area contributed by atoms with Gasteiger partial charge in [-0.05, 0) is 23.8 Å². The number of carbonyl (C=O) groups is 1. The monoisotopic (exact) mass is 360 g/mol. The van der Waals surface area contributed by atoms with Crippen LogP contribution in [0.1, 0.15) is 5.56 Å². The second-order valence-electron chi connectivity index (χ2n) is 6.54. The van der Waals surface area contributed by atoms with E-state index in [2.05, 4.69) is 16.0 Å². The van der Waals surface area contributed by atoms with Crippen LogP contribution in [0.3, 0.4) is 0 Å². The van der Waals surface area contributed by atoms with Crippen LogP contribution in [-0.4, -0.2) is 50.6 Å². The number of aromatic amines is 1. The van der Waals surface area contributed by atoms with Crippen molar-refractivity contribution >= 4 is 23.3 Å². The molecule has 0 atom stereocenters. The first-order valence-corrected chi connectivity index (χ1v) is 9.03. The summed E-state index contributed by atoms with van der Waals surface area (Å²) in [7, 11) is 1.87. The van der Waals surface area contributed by atoms with Gasteiger partial charge < -0.3 is 9.80 Å². The number of carbonyl (C=O) groups excluding carboxylic acids is 1. The van der Waals surface area contributed by atoms with E-state index >= 15 is 0 Å². The Hall–Kier alpha value is -2.11. The molecule has 2 heterocycles. The third-order valence-corrected chi connectivity index (χ3v) is 4.92. The molecule has 0 radical (unpaired) electrons. The van der Waals surface area contributed by atoms with E-state index in [9.17, 15) is 4.79 Å². The van der Waals surface area contributed by atoms with Gasteiger partial charge in [0.25, 0.3) is 11.7 Å². The summed E-state index contributed by atoms with van der Waals surface area (Å²) in [5, 5.41) is 0.718. The number of hydrogen-bond donors (Lipinski definition) is 1. The lowest BCUT2D eigenvalue weighted by atomic mass is 10.2. The summed E-state index contributed by atoms with van der Waals surface area (Å²) in [5.74, 6) is 1.33. The second kappa shape index (κ2) is 8.32. The highest BCUT2D eigenvalue weighted by Crippen LogP contribution is 2.11. The van der Waals surface area contributed by atoms with Crippen molar-refractivity contribution in [3.05, 3.63) is 59.2 Å². The molecule has 0 saturated carbocycles. The predicted octanol–water partition coefficient (Wildman–Crippen LogP) is 0.518. The molecule has 2 aromatic rings. The number of likely N-dealkylation sites (N-methyl/N-ethyl adjacent to an activating group) is 1. The van der Waals surface area contributed by atoms with Gasteiger partial charge >= 0.3 is 0 Å². The van der Waals surface area contributed by atoms with E-state index in [0.717, 1.165) is 42.6 Å². The first-order valence-electron chi connectivity index (χ1n) is 8.65. The maximum Gasteiger partial charge on any atom is 0.277 e. The fourth-order valence-electron chi connectivity index (χ4n) is 3.12. The summed E-state index contributed by atoms with van der Waals surface area (Å²) >= 11 is 5.91. The van der Waals surface area contributed by atoms with Crippen molar-refractivity contribution in [2.24, 2.45) is 0 Å². The molecule has 1 fully saturated rings. The molecule has 3 rings (SSSR count). The first-order chi connectivity index (χ1) is 12.1. The van der Waals surface area contributed by atoms with Crippen LogP contribution in [0, 0.1) is 0 Å². The Morgan fingerprint density at radius 3 is 2.56 bits per heavy atom. The number of H-pyrrole nitrogens is 1. The normalized spacial score (nSPS) is 15.2. The minimum atomic E-state index is 0.185. The number of nitrogens with zero attached hydrogens (tertiary/aromatic N) is 2. The molecule has 25 heavy (non-hydrogen) atoms. The topological polar surface area (TPSA) is 42.1 Å². The standard InChI is InChI=1S/C19H23ClN4O/c1-22(14-16-5-7-17(20)8-6-16)19(25)15-23-10-12-24(13-11-23)18-4-2-3-9-21-18/h2-9H,10-15H2,1H3/p+2. The number of amides is 1. The predicted molar refractivity (Wildman–Crippen MR) is 98.7 cm³/mol. The van der Waals surface area contributed by atoms with Gasteiger partial charge in [-0.15, -0.1) is 0 Å². The van der Waals surface area contributed by atoms with Crippen LogP contribution in [0.5, 0.6) is 0 Å². The lowest BCUT2D eigenvalue weighted by molar-refractivity contribution is -0.892. The number of benzene rings is 1. The van der Waals surface area contributed by atoms with Crippen molar-refractivity contribution in [2.75, 3.05) is 44.7 Å². The molecule has 132 valence electrons. The van der Waals surface area contributed by atoms with Crippen LogP contribution in [-0.2, 0) is 11.3 Å². The average molecular weight is 361 g/mol. The molecule has 1 aliphatic heterocycles. The molecular weight excluding hydrogens is 336 g/mol. The largest absolute Gasteiger partial charge is 0.337 e. The number of anilines is 1.